The summed E-state index contributed by atoms with van der Waals surface area (Å²) in [6, 6.07) is 0. The van der Waals surface area contributed by atoms with E-state index in [0.717, 1.165) is 0 Å². The first kappa shape index (κ1) is 18.1. The van der Waals surface area contributed by atoms with Crippen LogP contribution in [0.3, 0.4) is 0 Å². The number of carbonyl (C=O) groups excluding carboxylic acids is 1. The fourth-order valence-corrected chi connectivity index (χ4v) is 1.15. The molecule has 0 saturated carbocycles. The summed E-state index contributed by atoms with van der Waals surface area (Å²) >= 11 is 0. The predicted molar refractivity (Wildman–Crippen MR) is 46.3 cm³/mol. The molecule has 1 atom stereocenters. The molecule has 8 heteroatoms. The number of carbonyl (C=O) groups is 1. The molecule has 82 valence electrons. The van der Waals surface area contributed by atoms with Crippen LogP contribution in [-0.4, -0.2) is 42.5 Å². The van der Waals surface area contributed by atoms with Crippen LogP contribution in [0.2, 0.25) is 0 Å². The van der Waals surface area contributed by atoms with Crippen LogP contribution in [0, 0.1) is 0 Å². The van der Waals surface area contributed by atoms with Gasteiger partial charge in [-0.1, -0.05) is 6.58 Å². The topological polar surface area (TPSA) is 104 Å². The fourth-order valence-electron chi connectivity index (χ4n) is 0.579. The van der Waals surface area contributed by atoms with Crippen LogP contribution in [0.15, 0.2) is 12.2 Å². The minimum Gasteiger partial charge on any atom is -0.748 e. The molecule has 0 rings (SSSR count). The Morgan fingerprint density at radius 1 is 1.60 bits per heavy atom. The van der Waals surface area contributed by atoms with Crippen molar-refractivity contribution in [2.45, 2.75) is 13.0 Å². The van der Waals surface area contributed by atoms with Crippen LogP contribution in [0.1, 0.15) is 6.92 Å². The van der Waals surface area contributed by atoms with Gasteiger partial charge in [0.1, 0.15) is 12.7 Å². The van der Waals surface area contributed by atoms with Gasteiger partial charge >= 0.3 is 57.4 Å². The van der Waals surface area contributed by atoms with Crippen LogP contribution < -0.4 is 51.4 Å². The number of aliphatic hydroxyl groups excluding tert-OH is 1. The molecule has 6 nitrogen and oxygen atoms in total. The molecule has 0 bridgehead atoms. The Kier molecular flexibility index (Phi) is 9.53. The van der Waals surface area contributed by atoms with Gasteiger partial charge in [0.15, 0.2) is 0 Å². The van der Waals surface area contributed by atoms with E-state index in [1.807, 2.05) is 0 Å². The van der Waals surface area contributed by atoms with Crippen molar-refractivity contribution in [3.63, 3.8) is 0 Å². The zero-order chi connectivity index (χ0) is 11.4. The van der Waals surface area contributed by atoms with E-state index in [-0.39, 0.29) is 57.0 Å². The van der Waals surface area contributed by atoms with Crippen molar-refractivity contribution in [2.75, 3.05) is 12.4 Å². The molecule has 0 heterocycles. The van der Waals surface area contributed by atoms with Crippen LogP contribution >= 0.6 is 0 Å². The van der Waals surface area contributed by atoms with Gasteiger partial charge in [0, 0.05) is 5.57 Å². The molecule has 0 fully saturated rings. The minimum absolute atomic E-state index is 0. The van der Waals surface area contributed by atoms with E-state index < -0.39 is 34.6 Å². The molecule has 0 radical (unpaired) electrons. The van der Waals surface area contributed by atoms with Crippen LogP contribution in [0.5, 0.6) is 0 Å². The van der Waals surface area contributed by atoms with Crippen molar-refractivity contribution in [3.8, 4) is 0 Å². The molecule has 0 aromatic heterocycles. The zero-order valence-electron chi connectivity index (χ0n) is 8.60. The molecule has 15 heavy (non-hydrogen) atoms. The third kappa shape index (κ3) is 11.0. The van der Waals surface area contributed by atoms with Crippen molar-refractivity contribution in [2.24, 2.45) is 0 Å². The first-order chi connectivity index (χ1) is 6.22. The summed E-state index contributed by atoms with van der Waals surface area (Å²) in [5, 5.41) is 8.93. The molecule has 0 spiro atoms. The zero-order valence-corrected chi connectivity index (χ0v) is 12.5. The second-order valence-electron chi connectivity index (χ2n) is 2.76. The Labute approximate surface area is 131 Å². The maximum atomic E-state index is 10.8. The SMILES string of the molecule is C=C(C)C(=O)OCC(O)CS(=O)(=O)[O-].[K+]. The maximum Gasteiger partial charge on any atom is 1.00 e. The van der Waals surface area contributed by atoms with Gasteiger partial charge in [0.2, 0.25) is 0 Å². The van der Waals surface area contributed by atoms with Crippen molar-refractivity contribution in [3.05, 3.63) is 12.2 Å². The molecule has 0 aromatic rings. The van der Waals surface area contributed by atoms with Gasteiger partial charge in [-0.2, -0.15) is 0 Å². The Morgan fingerprint density at radius 3 is 2.40 bits per heavy atom. The molecule has 0 aliphatic heterocycles. The van der Waals surface area contributed by atoms with E-state index in [9.17, 15) is 17.8 Å². The Bertz CT molecular complexity index is 322. The fraction of sp³-hybridized carbons (Fsp3) is 0.571. The largest absolute Gasteiger partial charge is 1.00 e. The molecule has 0 aliphatic rings. The molecule has 1 unspecified atom stereocenters. The monoisotopic (exact) mass is 262 g/mol. The average Bonchev–Trinajstić information content (AvgIpc) is 1.96. The van der Waals surface area contributed by atoms with Gasteiger partial charge in [-0.25, -0.2) is 13.2 Å². The van der Waals surface area contributed by atoms with Crippen LogP contribution in [0.25, 0.3) is 0 Å². The van der Waals surface area contributed by atoms with Crippen molar-refractivity contribution in [1.82, 2.24) is 0 Å². The summed E-state index contributed by atoms with van der Waals surface area (Å²) in [7, 11) is -4.51. The van der Waals surface area contributed by atoms with Gasteiger partial charge in [-0.15, -0.1) is 0 Å². The number of hydrogen-bond donors (Lipinski definition) is 1. The molecule has 0 aromatic carbocycles. The van der Waals surface area contributed by atoms with Gasteiger partial charge in [-0.05, 0) is 6.92 Å². The molecular weight excluding hydrogens is 251 g/mol. The van der Waals surface area contributed by atoms with E-state index in [1.54, 1.807) is 0 Å². The summed E-state index contributed by atoms with van der Waals surface area (Å²) < 4.78 is 34.9. The standard InChI is InChI=1S/C7H12O6S.K/c1-5(2)7(9)13-3-6(8)4-14(10,11)12;/h6,8H,1,3-4H2,2H3,(H,10,11,12);/q;+1/p-1. The Hall–Kier alpha value is 0.716. The normalized spacial score (nSPS) is 12.5. The first-order valence-corrected chi connectivity index (χ1v) is 5.24. The van der Waals surface area contributed by atoms with Crippen molar-refractivity contribution in [1.29, 1.82) is 0 Å². The van der Waals surface area contributed by atoms with Gasteiger partial charge in [-0.3, -0.25) is 0 Å². The number of ether oxygens (including phenoxy) is 1. The van der Waals surface area contributed by atoms with Gasteiger partial charge < -0.3 is 14.4 Å². The number of aliphatic hydroxyl groups is 1. The van der Waals surface area contributed by atoms with E-state index in [2.05, 4.69) is 11.3 Å². The maximum absolute atomic E-state index is 10.8. The summed E-state index contributed by atoms with van der Waals surface area (Å²) in [5.41, 5.74) is 0.127. The Morgan fingerprint density at radius 2 is 2.07 bits per heavy atom. The first-order valence-electron chi connectivity index (χ1n) is 3.66. The van der Waals surface area contributed by atoms with Gasteiger partial charge in [0.05, 0.1) is 15.9 Å². The van der Waals surface area contributed by atoms with Crippen LogP contribution in [0.4, 0.5) is 0 Å². The van der Waals surface area contributed by atoms with E-state index >= 15 is 0 Å². The number of esters is 1. The molecule has 1 N–H and O–H groups in total. The van der Waals surface area contributed by atoms with Crippen LogP contribution in [-0.2, 0) is 19.6 Å². The van der Waals surface area contributed by atoms with Crippen molar-refractivity contribution >= 4 is 16.1 Å². The second-order valence-corrected chi connectivity index (χ2v) is 4.21. The number of rotatable bonds is 5. The third-order valence-electron chi connectivity index (χ3n) is 1.15. The van der Waals surface area contributed by atoms with E-state index in [1.165, 1.54) is 6.92 Å². The Balaban J connectivity index is 0. The third-order valence-corrected chi connectivity index (χ3v) is 1.94. The van der Waals surface area contributed by atoms with Crippen molar-refractivity contribution < 1.29 is 79.0 Å². The summed E-state index contributed by atoms with van der Waals surface area (Å²) in [4.78, 5) is 10.8. The quantitative estimate of drug-likeness (QED) is 0.234. The molecule has 0 aliphatic carbocycles. The predicted octanol–water partition coefficient (Wildman–Crippen LogP) is -3.98. The summed E-state index contributed by atoms with van der Waals surface area (Å²) in [5.74, 6) is -1.72. The summed E-state index contributed by atoms with van der Waals surface area (Å²) in [6.45, 7) is 4.14. The number of hydrogen-bond acceptors (Lipinski definition) is 6. The molecular formula is C7H11KO6S. The smallest absolute Gasteiger partial charge is 0.748 e. The summed E-state index contributed by atoms with van der Waals surface area (Å²) in [6.07, 6.45) is -1.50. The molecule has 0 saturated heterocycles. The second kappa shape index (κ2) is 7.90. The molecule has 0 amide bonds. The average molecular weight is 262 g/mol. The van der Waals surface area contributed by atoms with Gasteiger partial charge in [0.25, 0.3) is 0 Å². The van der Waals surface area contributed by atoms with E-state index in [0.29, 0.717) is 0 Å². The minimum atomic E-state index is -4.51. The van der Waals surface area contributed by atoms with E-state index in [4.69, 9.17) is 5.11 Å².